The summed E-state index contributed by atoms with van der Waals surface area (Å²) in [4.78, 5) is 2.29. The number of hydrogen-bond acceptors (Lipinski definition) is 3. The van der Waals surface area contributed by atoms with Crippen molar-refractivity contribution in [3.05, 3.63) is 28.2 Å². The van der Waals surface area contributed by atoms with Gasteiger partial charge in [0.1, 0.15) is 6.07 Å². The summed E-state index contributed by atoms with van der Waals surface area (Å²) in [6.45, 7) is 4.05. The van der Waals surface area contributed by atoms with Crippen molar-refractivity contribution in [2.24, 2.45) is 11.7 Å². The molecule has 0 radical (unpaired) electrons. The summed E-state index contributed by atoms with van der Waals surface area (Å²) in [5.41, 5.74) is 7.72. The lowest BCUT2D eigenvalue weighted by Gasteiger charge is -2.35. The molecule has 1 heterocycles. The fraction of sp³-hybridized carbons (Fsp3) is 0.500. The molecule has 1 unspecified atom stereocenters. The molecule has 1 atom stereocenters. The molecule has 18 heavy (non-hydrogen) atoms. The van der Waals surface area contributed by atoms with Gasteiger partial charge >= 0.3 is 0 Å². The van der Waals surface area contributed by atoms with Crippen LogP contribution in [0.25, 0.3) is 0 Å². The largest absolute Gasteiger partial charge is 0.370 e. The Bertz CT molecular complexity index is 457. The lowest BCUT2D eigenvalue weighted by Crippen LogP contribution is -2.40. The maximum absolute atomic E-state index is 9.24. The molecule has 0 amide bonds. The van der Waals surface area contributed by atoms with Crippen LogP contribution in [-0.2, 0) is 0 Å². The maximum atomic E-state index is 9.24. The van der Waals surface area contributed by atoms with Crippen LogP contribution >= 0.6 is 15.9 Å². The van der Waals surface area contributed by atoms with Crippen LogP contribution in [-0.4, -0.2) is 19.1 Å². The van der Waals surface area contributed by atoms with E-state index in [-0.39, 0.29) is 6.04 Å². The van der Waals surface area contributed by atoms with Crippen LogP contribution in [0.5, 0.6) is 0 Å². The highest BCUT2D eigenvalue weighted by atomic mass is 79.9. The molecule has 0 saturated carbocycles. The second kappa shape index (κ2) is 5.73. The van der Waals surface area contributed by atoms with Gasteiger partial charge in [0.25, 0.3) is 0 Å². The van der Waals surface area contributed by atoms with Crippen LogP contribution in [0.2, 0.25) is 0 Å². The number of rotatable bonds is 2. The van der Waals surface area contributed by atoms with Crippen molar-refractivity contribution in [1.82, 2.24) is 0 Å². The molecular weight excluding hydrogens is 290 g/mol. The molecule has 1 aromatic carbocycles. The van der Waals surface area contributed by atoms with Gasteiger partial charge in [0, 0.05) is 23.6 Å². The Kier molecular flexibility index (Phi) is 4.26. The molecule has 1 aliphatic heterocycles. The zero-order chi connectivity index (χ0) is 13.1. The SMILES string of the molecule is CC(N)C1CCN(c2cccc(Br)c2C#N)CC1. The van der Waals surface area contributed by atoms with Crippen LogP contribution in [0, 0.1) is 17.2 Å². The van der Waals surface area contributed by atoms with Gasteiger partial charge in [-0.2, -0.15) is 5.26 Å². The predicted octanol–water partition coefficient (Wildman–Crippen LogP) is 2.88. The van der Waals surface area contributed by atoms with Crippen molar-refractivity contribution in [3.8, 4) is 6.07 Å². The van der Waals surface area contributed by atoms with E-state index in [4.69, 9.17) is 5.73 Å². The number of nitrogens with two attached hydrogens (primary N) is 1. The first kappa shape index (κ1) is 13.4. The second-order valence-electron chi connectivity index (χ2n) is 4.93. The third-order valence-corrected chi connectivity index (χ3v) is 4.39. The quantitative estimate of drug-likeness (QED) is 0.914. The normalized spacial score (nSPS) is 18.4. The molecule has 1 saturated heterocycles. The standard InChI is InChI=1S/C14H18BrN3/c1-10(17)11-5-7-18(8-6-11)14-4-2-3-13(15)12(14)9-16/h2-4,10-11H,5-8,17H2,1H3. The number of nitriles is 1. The van der Waals surface area contributed by atoms with Crippen molar-refractivity contribution in [2.45, 2.75) is 25.8 Å². The Morgan fingerprint density at radius 3 is 2.67 bits per heavy atom. The summed E-state index contributed by atoms with van der Waals surface area (Å²) < 4.78 is 0.872. The zero-order valence-corrected chi connectivity index (χ0v) is 12.2. The number of piperidine rings is 1. The van der Waals surface area contributed by atoms with E-state index in [9.17, 15) is 5.26 Å². The number of hydrogen-bond donors (Lipinski definition) is 1. The predicted molar refractivity (Wildman–Crippen MR) is 77.4 cm³/mol. The van der Waals surface area contributed by atoms with Gasteiger partial charge in [-0.3, -0.25) is 0 Å². The smallest absolute Gasteiger partial charge is 0.103 e. The van der Waals surface area contributed by atoms with Gasteiger partial charge in [0.2, 0.25) is 0 Å². The third kappa shape index (κ3) is 2.68. The second-order valence-corrected chi connectivity index (χ2v) is 5.78. The van der Waals surface area contributed by atoms with Gasteiger partial charge < -0.3 is 10.6 Å². The van der Waals surface area contributed by atoms with E-state index in [2.05, 4.69) is 33.8 Å². The highest BCUT2D eigenvalue weighted by molar-refractivity contribution is 9.10. The summed E-state index contributed by atoms with van der Waals surface area (Å²) in [6.07, 6.45) is 2.21. The van der Waals surface area contributed by atoms with Crippen LogP contribution in [0.1, 0.15) is 25.3 Å². The van der Waals surface area contributed by atoms with Crippen LogP contribution in [0.15, 0.2) is 22.7 Å². The fourth-order valence-corrected chi connectivity index (χ4v) is 3.00. The zero-order valence-electron chi connectivity index (χ0n) is 10.6. The van der Waals surface area contributed by atoms with Crippen molar-refractivity contribution < 1.29 is 0 Å². The lowest BCUT2D eigenvalue weighted by molar-refractivity contribution is 0.354. The van der Waals surface area contributed by atoms with E-state index in [1.165, 1.54) is 0 Å². The van der Waals surface area contributed by atoms with Gasteiger partial charge in [-0.1, -0.05) is 6.07 Å². The van der Waals surface area contributed by atoms with Crippen molar-refractivity contribution in [2.75, 3.05) is 18.0 Å². The van der Waals surface area contributed by atoms with Crippen molar-refractivity contribution in [3.63, 3.8) is 0 Å². The Balaban J connectivity index is 2.15. The number of anilines is 1. The molecular formula is C14H18BrN3. The van der Waals surface area contributed by atoms with Gasteiger partial charge in [-0.15, -0.1) is 0 Å². The van der Waals surface area contributed by atoms with Crippen LogP contribution in [0.4, 0.5) is 5.69 Å². The number of nitrogens with zero attached hydrogens (tertiary/aromatic N) is 2. The molecule has 2 rings (SSSR count). The Morgan fingerprint density at radius 1 is 1.44 bits per heavy atom. The molecule has 3 nitrogen and oxygen atoms in total. The minimum absolute atomic E-state index is 0.269. The summed E-state index contributed by atoms with van der Waals surface area (Å²) in [5, 5.41) is 9.24. The van der Waals surface area contributed by atoms with Gasteiger partial charge in [0.05, 0.1) is 11.3 Å². The fourth-order valence-electron chi connectivity index (χ4n) is 2.55. The van der Waals surface area contributed by atoms with E-state index in [0.29, 0.717) is 5.92 Å². The van der Waals surface area contributed by atoms with Crippen LogP contribution in [0.3, 0.4) is 0 Å². The number of benzene rings is 1. The molecule has 4 heteroatoms. The Morgan fingerprint density at radius 2 is 2.11 bits per heavy atom. The minimum Gasteiger partial charge on any atom is -0.370 e. The van der Waals surface area contributed by atoms with Gasteiger partial charge in [0.15, 0.2) is 0 Å². The summed E-state index contributed by atoms with van der Waals surface area (Å²) in [6, 6.07) is 8.47. The maximum Gasteiger partial charge on any atom is 0.103 e. The molecule has 0 bridgehead atoms. The van der Waals surface area contributed by atoms with Gasteiger partial charge in [-0.05, 0) is 53.7 Å². The molecule has 1 aromatic rings. The highest BCUT2D eigenvalue weighted by Gasteiger charge is 2.23. The first-order valence-corrected chi connectivity index (χ1v) is 7.12. The van der Waals surface area contributed by atoms with Crippen LogP contribution < -0.4 is 10.6 Å². The van der Waals surface area contributed by atoms with E-state index >= 15 is 0 Å². The Labute approximate surface area is 117 Å². The molecule has 1 aliphatic rings. The number of halogens is 1. The minimum atomic E-state index is 0.269. The monoisotopic (exact) mass is 307 g/mol. The van der Waals surface area contributed by atoms with E-state index in [1.54, 1.807) is 0 Å². The molecule has 0 aliphatic carbocycles. The summed E-state index contributed by atoms with van der Waals surface area (Å²) in [7, 11) is 0. The van der Waals surface area contributed by atoms with Gasteiger partial charge in [-0.25, -0.2) is 0 Å². The topological polar surface area (TPSA) is 53.0 Å². The first-order chi connectivity index (χ1) is 8.63. The molecule has 2 N–H and O–H groups in total. The first-order valence-electron chi connectivity index (χ1n) is 6.32. The molecule has 96 valence electrons. The van der Waals surface area contributed by atoms with E-state index < -0.39 is 0 Å². The molecule has 0 aromatic heterocycles. The van der Waals surface area contributed by atoms with Crippen molar-refractivity contribution >= 4 is 21.6 Å². The lowest BCUT2D eigenvalue weighted by atomic mass is 9.90. The highest BCUT2D eigenvalue weighted by Crippen LogP contribution is 2.30. The molecule has 0 spiro atoms. The van der Waals surface area contributed by atoms with E-state index in [1.807, 2.05) is 18.2 Å². The third-order valence-electron chi connectivity index (χ3n) is 3.73. The average molecular weight is 308 g/mol. The molecule has 1 fully saturated rings. The Hall–Kier alpha value is -1.05. The van der Waals surface area contributed by atoms with Crippen molar-refractivity contribution in [1.29, 1.82) is 5.26 Å². The van der Waals surface area contributed by atoms with E-state index in [0.717, 1.165) is 41.7 Å². The summed E-state index contributed by atoms with van der Waals surface area (Å²) in [5.74, 6) is 0.610. The summed E-state index contributed by atoms with van der Waals surface area (Å²) >= 11 is 3.44. The average Bonchev–Trinajstić information content (AvgIpc) is 2.38.